The van der Waals surface area contributed by atoms with E-state index in [1.165, 1.54) is 0 Å². The molecule has 1 aliphatic carbocycles. The Hall–Kier alpha value is -0.610. The van der Waals surface area contributed by atoms with Crippen molar-refractivity contribution in [2.45, 2.75) is 46.3 Å². The first-order chi connectivity index (χ1) is 7.93. The summed E-state index contributed by atoms with van der Waals surface area (Å²) < 4.78 is 5.66. The van der Waals surface area contributed by atoms with Crippen molar-refractivity contribution in [1.29, 1.82) is 0 Å². The highest BCUT2D eigenvalue weighted by Crippen LogP contribution is 2.42. The van der Waals surface area contributed by atoms with Gasteiger partial charge in [0, 0.05) is 31.7 Å². The van der Waals surface area contributed by atoms with Crippen LogP contribution in [-0.4, -0.2) is 49.7 Å². The fourth-order valence-corrected chi connectivity index (χ4v) is 2.24. The maximum absolute atomic E-state index is 11.7. The van der Waals surface area contributed by atoms with Crippen molar-refractivity contribution >= 4 is 5.91 Å². The number of rotatable bonds is 6. The van der Waals surface area contributed by atoms with Gasteiger partial charge in [-0.25, -0.2) is 0 Å². The summed E-state index contributed by atoms with van der Waals surface area (Å²) in [7, 11) is 1.83. The lowest BCUT2D eigenvalue weighted by Crippen LogP contribution is -2.62. The van der Waals surface area contributed by atoms with Crippen molar-refractivity contribution in [2.24, 2.45) is 5.41 Å². The molecule has 0 saturated heterocycles. The van der Waals surface area contributed by atoms with E-state index in [2.05, 4.69) is 19.2 Å². The minimum atomic E-state index is 0.126. The summed E-state index contributed by atoms with van der Waals surface area (Å²) in [6.45, 7) is 10.4. The van der Waals surface area contributed by atoms with Gasteiger partial charge in [0.15, 0.2) is 0 Å². The number of hydrogen-bond donors (Lipinski definition) is 1. The van der Waals surface area contributed by atoms with Crippen molar-refractivity contribution in [1.82, 2.24) is 10.2 Å². The molecule has 1 aliphatic rings. The molecule has 100 valence electrons. The standard InChI is InChI=1S/C13H26N2O2/c1-6-15(5)12(16)9-14-10-8-11(17-7-2)13(10,3)4/h10-11,14H,6-9H2,1-5H3. The zero-order valence-corrected chi connectivity index (χ0v) is 11.7. The summed E-state index contributed by atoms with van der Waals surface area (Å²) in [5.74, 6) is 0.156. The van der Waals surface area contributed by atoms with E-state index >= 15 is 0 Å². The molecule has 1 saturated carbocycles. The average molecular weight is 242 g/mol. The Kier molecular flexibility index (Phi) is 4.95. The Morgan fingerprint density at radius 1 is 1.47 bits per heavy atom. The van der Waals surface area contributed by atoms with E-state index in [1.54, 1.807) is 4.90 Å². The van der Waals surface area contributed by atoms with Gasteiger partial charge >= 0.3 is 0 Å². The Labute approximate surface area is 105 Å². The molecule has 4 nitrogen and oxygen atoms in total. The summed E-state index contributed by atoms with van der Waals surface area (Å²) in [4.78, 5) is 13.4. The number of hydrogen-bond acceptors (Lipinski definition) is 3. The van der Waals surface area contributed by atoms with Crippen molar-refractivity contribution in [3.63, 3.8) is 0 Å². The molecule has 0 spiro atoms. The molecule has 0 aliphatic heterocycles. The molecular weight excluding hydrogens is 216 g/mol. The van der Waals surface area contributed by atoms with Gasteiger partial charge in [0.05, 0.1) is 12.6 Å². The molecule has 0 aromatic heterocycles. The Balaban J connectivity index is 2.33. The van der Waals surface area contributed by atoms with Crippen LogP contribution < -0.4 is 5.32 Å². The predicted molar refractivity (Wildman–Crippen MR) is 68.9 cm³/mol. The van der Waals surface area contributed by atoms with Gasteiger partial charge in [-0.3, -0.25) is 4.79 Å². The van der Waals surface area contributed by atoms with Gasteiger partial charge in [0.25, 0.3) is 0 Å². The second kappa shape index (κ2) is 5.83. The Bertz CT molecular complexity index is 266. The van der Waals surface area contributed by atoms with Crippen molar-refractivity contribution in [2.75, 3.05) is 26.7 Å². The van der Waals surface area contributed by atoms with Crippen LogP contribution in [0.2, 0.25) is 0 Å². The molecular formula is C13H26N2O2. The fourth-order valence-electron chi connectivity index (χ4n) is 2.24. The molecule has 0 heterocycles. The summed E-state index contributed by atoms with van der Waals surface area (Å²) in [6, 6.07) is 0.383. The first-order valence-electron chi connectivity index (χ1n) is 6.52. The molecule has 2 unspecified atom stereocenters. The maximum Gasteiger partial charge on any atom is 0.236 e. The zero-order chi connectivity index (χ0) is 13.1. The van der Waals surface area contributed by atoms with Crippen LogP contribution in [0.25, 0.3) is 0 Å². The lowest BCUT2D eigenvalue weighted by molar-refractivity contribution is -0.133. The summed E-state index contributed by atoms with van der Waals surface area (Å²) in [5.41, 5.74) is 0.126. The third-order valence-corrected chi connectivity index (χ3v) is 3.95. The molecule has 0 radical (unpaired) electrons. The molecule has 2 atom stereocenters. The molecule has 1 amide bonds. The minimum absolute atomic E-state index is 0.126. The van der Waals surface area contributed by atoms with Gasteiger partial charge in [-0.1, -0.05) is 13.8 Å². The highest BCUT2D eigenvalue weighted by molar-refractivity contribution is 5.77. The van der Waals surface area contributed by atoms with E-state index in [9.17, 15) is 4.79 Å². The van der Waals surface area contributed by atoms with Crippen LogP contribution in [-0.2, 0) is 9.53 Å². The number of ether oxygens (including phenoxy) is 1. The Morgan fingerprint density at radius 3 is 2.59 bits per heavy atom. The van der Waals surface area contributed by atoms with E-state index in [-0.39, 0.29) is 11.3 Å². The summed E-state index contributed by atoms with van der Waals surface area (Å²) in [6.07, 6.45) is 1.33. The molecule has 0 aromatic rings. The maximum atomic E-state index is 11.7. The summed E-state index contributed by atoms with van der Waals surface area (Å²) in [5, 5.41) is 3.34. The average Bonchev–Trinajstić information content (AvgIpc) is 2.31. The van der Waals surface area contributed by atoms with Gasteiger partial charge < -0.3 is 15.0 Å². The molecule has 4 heteroatoms. The molecule has 1 rings (SSSR count). The number of nitrogens with zero attached hydrogens (tertiary/aromatic N) is 1. The van der Waals surface area contributed by atoms with Gasteiger partial charge in [-0.15, -0.1) is 0 Å². The molecule has 1 fully saturated rings. The van der Waals surface area contributed by atoms with Crippen LogP contribution in [0.1, 0.15) is 34.1 Å². The first kappa shape index (κ1) is 14.5. The largest absolute Gasteiger partial charge is 0.378 e. The van der Waals surface area contributed by atoms with E-state index < -0.39 is 0 Å². The summed E-state index contributed by atoms with van der Waals surface area (Å²) >= 11 is 0. The fraction of sp³-hybridized carbons (Fsp3) is 0.923. The van der Waals surface area contributed by atoms with E-state index in [0.29, 0.717) is 18.7 Å². The smallest absolute Gasteiger partial charge is 0.236 e. The van der Waals surface area contributed by atoms with Crippen molar-refractivity contribution in [3.05, 3.63) is 0 Å². The topological polar surface area (TPSA) is 41.6 Å². The SMILES string of the molecule is CCOC1CC(NCC(=O)N(C)CC)C1(C)C. The minimum Gasteiger partial charge on any atom is -0.378 e. The monoisotopic (exact) mass is 242 g/mol. The molecule has 17 heavy (non-hydrogen) atoms. The van der Waals surface area contributed by atoms with Gasteiger partial charge in [-0.2, -0.15) is 0 Å². The van der Waals surface area contributed by atoms with Gasteiger partial charge in [0.2, 0.25) is 5.91 Å². The molecule has 0 bridgehead atoms. The van der Waals surface area contributed by atoms with Crippen LogP contribution in [0.15, 0.2) is 0 Å². The van der Waals surface area contributed by atoms with Crippen molar-refractivity contribution in [3.8, 4) is 0 Å². The zero-order valence-electron chi connectivity index (χ0n) is 11.7. The number of nitrogens with one attached hydrogen (secondary N) is 1. The highest BCUT2D eigenvalue weighted by Gasteiger charge is 2.48. The molecule has 1 N–H and O–H groups in total. The van der Waals surface area contributed by atoms with Crippen LogP contribution in [0.5, 0.6) is 0 Å². The van der Waals surface area contributed by atoms with E-state index in [4.69, 9.17) is 4.74 Å². The lowest BCUT2D eigenvalue weighted by Gasteiger charge is -2.51. The second-order valence-corrected chi connectivity index (χ2v) is 5.34. The van der Waals surface area contributed by atoms with Crippen LogP contribution in [0.3, 0.4) is 0 Å². The number of carbonyl (C=O) groups is 1. The molecule has 0 aromatic carbocycles. The number of likely N-dealkylation sites (N-methyl/N-ethyl adjacent to an activating group) is 1. The predicted octanol–water partition coefficient (Wildman–Crippen LogP) is 1.26. The van der Waals surface area contributed by atoms with Crippen molar-refractivity contribution < 1.29 is 9.53 Å². The Morgan fingerprint density at radius 2 is 2.12 bits per heavy atom. The third-order valence-electron chi connectivity index (χ3n) is 3.95. The highest BCUT2D eigenvalue weighted by atomic mass is 16.5. The first-order valence-corrected chi connectivity index (χ1v) is 6.52. The van der Waals surface area contributed by atoms with Gasteiger partial charge in [-0.05, 0) is 20.3 Å². The van der Waals surface area contributed by atoms with Crippen LogP contribution >= 0.6 is 0 Å². The van der Waals surface area contributed by atoms with E-state index in [1.807, 2.05) is 20.9 Å². The number of carbonyl (C=O) groups excluding carboxylic acids is 1. The van der Waals surface area contributed by atoms with Crippen LogP contribution in [0.4, 0.5) is 0 Å². The van der Waals surface area contributed by atoms with Crippen LogP contribution in [0, 0.1) is 5.41 Å². The lowest BCUT2D eigenvalue weighted by atomic mass is 9.64. The normalized spacial score (nSPS) is 26.4. The number of amides is 1. The quantitative estimate of drug-likeness (QED) is 0.762. The second-order valence-electron chi connectivity index (χ2n) is 5.34. The third kappa shape index (κ3) is 3.19. The van der Waals surface area contributed by atoms with Gasteiger partial charge in [0.1, 0.15) is 0 Å². The van der Waals surface area contributed by atoms with E-state index in [0.717, 1.165) is 19.6 Å².